The van der Waals surface area contributed by atoms with Crippen molar-refractivity contribution in [2.45, 2.75) is 6.04 Å². The van der Waals surface area contributed by atoms with Gasteiger partial charge in [0.2, 0.25) is 0 Å². The Hall–Kier alpha value is -3.61. The van der Waals surface area contributed by atoms with Gasteiger partial charge in [-0.05, 0) is 35.4 Å². The number of nitrogen functional groups attached to an aromatic ring is 1. The molecule has 0 aliphatic heterocycles. The molecule has 0 aliphatic carbocycles. The Labute approximate surface area is 170 Å². The van der Waals surface area contributed by atoms with Crippen molar-refractivity contribution >= 4 is 28.4 Å². The lowest BCUT2D eigenvalue weighted by atomic mass is 9.97. The van der Waals surface area contributed by atoms with Gasteiger partial charge in [-0.3, -0.25) is 0 Å². The molecule has 0 radical (unpaired) electrons. The molecule has 29 heavy (non-hydrogen) atoms. The van der Waals surface area contributed by atoms with E-state index in [0.717, 1.165) is 28.1 Å². The average molecular weight is 387 g/mol. The van der Waals surface area contributed by atoms with Crippen molar-refractivity contribution in [3.63, 3.8) is 0 Å². The van der Waals surface area contributed by atoms with Gasteiger partial charge in [0, 0.05) is 39.6 Å². The molecule has 2 aromatic heterocycles. The molecule has 0 saturated heterocycles. The summed E-state index contributed by atoms with van der Waals surface area (Å²) in [6.45, 7) is 0. The van der Waals surface area contributed by atoms with Crippen LogP contribution in [-0.4, -0.2) is 47.7 Å². The van der Waals surface area contributed by atoms with E-state index in [0.29, 0.717) is 11.3 Å². The summed E-state index contributed by atoms with van der Waals surface area (Å²) in [6, 6.07) is 17.0. The summed E-state index contributed by atoms with van der Waals surface area (Å²) in [4.78, 5) is 17.2. The van der Waals surface area contributed by atoms with Crippen LogP contribution in [0.15, 0.2) is 61.2 Å². The Bertz CT molecular complexity index is 1060. The summed E-state index contributed by atoms with van der Waals surface area (Å²) in [7, 11) is 8.15. The zero-order valence-corrected chi connectivity index (χ0v) is 17.1. The number of hydrogen-bond donors (Lipinski definition) is 1. The SMILES string of the molecule is CN(C)c1ccc(C(c2ccc(N(C)C)cc2)n2cnc3c(N)ncnc32)cc1. The molecular formula is C22H25N7. The smallest absolute Gasteiger partial charge is 0.166 e. The summed E-state index contributed by atoms with van der Waals surface area (Å²) >= 11 is 0. The van der Waals surface area contributed by atoms with Crippen molar-refractivity contribution in [3.8, 4) is 0 Å². The first-order chi connectivity index (χ1) is 14.0. The maximum Gasteiger partial charge on any atom is 0.166 e. The van der Waals surface area contributed by atoms with Gasteiger partial charge in [-0.1, -0.05) is 24.3 Å². The van der Waals surface area contributed by atoms with E-state index in [9.17, 15) is 0 Å². The number of hydrogen-bond acceptors (Lipinski definition) is 6. The van der Waals surface area contributed by atoms with E-state index >= 15 is 0 Å². The topological polar surface area (TPSA) is 76.1 Å². The zero-order valence-electron chi connectivity index (χ0n) is 17.1. The second-order valence-electron chi connectivity index (χ2n) is 7.46. The molecule has 7 nitrogen and oxygen atoms in total. The van der Waals surface area contributed by atoms with Gasteiger partial charge in [0.15, 0.2) is 11.5 Å². The average Bonchev–Trinajstić information content (AvgIpc) is 3.14. The highest BCUT2D eigenvalue weighted by atomic mass is 15.1. The predicted octanol–water partition coefficient (Wildman–Crippen LogP) is 3.18. The van der Waals surface area contributed by atoms with Gasteiger partial charge in [0.05, 0.1) is 12.4 Å². The van der Waals surface area contributed by atoms with Crippen molar-refractivity contribution in [1.82, 2.24) is 19.5 Å². The number of aromatic nitrogens is 4. The molecular weight excluding hydrogens is 362 g/mol. The molecule has 7 heteroatoms. The molecule has 0 saturated carbocycles. The fraction of sp³-hybridized carbons (Fsp3) is 0.227. The predicted molar refractivity (Wildman–Crippen MR) is 119 cm³/mol. The maximum absolute atomic E-state index is 6.02. The van der Waals surface area contributed by atoms with Crippen molar-refractivity contribution in [2.24, 2.45) is 0 Å². The van der Waals surface area contributed by atoms with E-state index in [2.05, 4.69) is 77.8 Å². The molecule has 0 aliphatic rings. The van der Waals surface area contributed by atoms with Crippen LogP contribution in [0.2, 0.25) is 0 Å². The number of benzene rings is 2. The van der Waals surface area contributed by atoms with Crippen LogP contribution in [0.25, 0.3) is 11.2 Å². The molecule has 2 N–H and O–H groups in total. The molecule has 2 aromatic carbocycles. The lowest BCUT2D eigenvalue weighted by Crippen LogP contribution is -2.14. The molecule has 0 unspecified atom stereocenters. The normalized spacial score (nSPS) is 11.2. The largest absolute Gasteiger partial charge is 0.382 e. The van der Waals surface area contributed by atoms with Gasteiger partial charge in [-0.25, -0.2) is 15.0 Å². The third-order valence-corrected chi connectivity index (χ3v) is 5.12. The summed E-state index contributed by atoms with van der Waals surface area (Å²) in [5.41, 5.74) is 11.9. The fourth-order valence-corrected chi connectivity index (χ4v) is 3.48. The Balaban J connectivity index is 1.87. The van der Waals surface area contributed by atoms with E-state index in [1.165, 1.54) is 6.33 Å². The first-order valence-electron chi connectivity index (χ1n) is 9.43. The molecule has 0 amide bonds. The lowest BCUT2D eigenvalue weighted by Gasteiger charge is -2.22. The number of fused-ring (bicyclic) bond motifs is 1. The van der Waals surface area contributed by atoms with Crippen LogP contribution in [0.3, 0.4) is 0 Å². The zero-order chi connectivity index (χ0) is 20.5. The van der Waals surface area contributed by atoms with Gasteiger partial charge in [-0.15, -0.1) is 0 Å². The van der Waals surface area contributed by atoms with Crippen LogP contribution < -0.4 is 15.5 Å². The lowest BCUT2D eigenvalue weighted by molar-refractivity contribution is 0.691. The Morgan fingerprint density at radius 2 is 1.28 bits per heavy atom. The summed E-state index contributed by atoms with van der Waals surface area (Å²) < 4.78 is 2.06. The van der Waals surface area contributed by atoms with Crippen LogP contribution in [0.1, 0.15) is 17.2 Å². The molecule has 0 bridgehead atoms. The van der Waals surface area contributed by atoms with E-state index in [4.69, 9.17) is 5.73 Å². The number of imidazole rings is 1. The summed E-state index contributed by atoms with van der Waals surface area (Å²) in [5, 5.41) is 0. The van der Waals surface area contributed by atoms with Crippen LogP contribution in [0.5, 0.6) is 0 Å². The van der Waals surface area contributed by atoms with Gasteiger partial charge in [0.25, 0.3) is 0 Å². The van der Waals surface area contributed by atoms with Crippen molar-refractivity contribution in [1.29, 1.82) is 0 Å². The minimum atomic E-state index is -0.0817. The van der Waals surface area contributed by atoms with Crippen LogP contribution >= 0.6 is 0 Å². The monoisotopic (exact) mass is 387 g/mol. The van der Waals surface area contributed by atoms with E-state index < -0.39 is 0 Å². The Kier molecular flexibility index (Phi) is 4.80. The Morgan fingerprint density at radius 1 is 0.759 bits per heavy atom. The second-order valence-corrected chi connectivity index (χ2v) is 7.46. The molecule has 4 rings (SSSR count). The number of nitrogens with two attached hydrogens (primary N) is 1. The first kappa shape index (κ1) is 18.7. The van der Waals surface area contributed by atoms with Gasteiger partial charge in [-0.2, -0.15) is 0 Å². The molecule has 4 aromatic rings. The van der Waals surface area contributed by atoms with Gasteiger partial charge < -0.3 is 20.1 Å². The van der Waals surface area contributed by atoms with E-state index in [1.54, 1.807) is 6.33 Å². The molecule has 148 valence electrons. The van der Waals surface area contributed by atoms with E-state index in [-0.39, 0.29) is 6.04 Å². The van der Waals surface area contributed by atoms with Crippen LogP contribution in [0, 0.1) is 0 Å². The maximum atomic E-state index is 6.02. The number of anilines is 3. The fourth-order valence-electron chi connectivity index (χ4n) is 3.48. The van der Waals surface area contributed by atoms with Gasteiger partial charge in [0.1, 0.15) is 11.8 Å². The Morgan fingerprint density at radius 3 is 1.76 bits per heavy atom. The van der Waals surface area contributed by atoms with Gasteiger partial charge >= 0.3 is 0 Å². The summed E-state index contributed by atoms with van der Waals surface area (Å²) in [6.07, 6.45) is 3.28. The molecule has 0 fully saturated rings. The second kappa shape index (κ2) is 7.43. The minimum Gasteiger partial charge on any atom is -0.382 e. The highest BCUT2D eigenvalue weighted by Gasteiger charge is 2.21. The highest BCUT2D eigenvalue weighted by Crippen LogP contribution is 2.32. The van der Waals surface area contributed by atoms with Crippen molar-refractivity contribution < 1.29 is 0 Å². The van der Waals surface area contributed by atoms with Crippen molar-refractivity contribution in [2.75, 3.05) is 43.7 Å². The minimum absolute atomic E-state index is 0.0817. The number of rotatable bonds is 5. The molecule has 0 atom stereocenters. The third kappa shape index (κ3) is 3.47. The quantitative estimate of drug-likeness (QED) is 0.567. The highest BCUT2D eigenvalue weighted by molar-refractivity contribution is 5.81. The van der Waals surface area contributed by atoms with Crippen LogP contribution in [0.4, 0.5) is 17.2 Å². The standard InChI is InChI=1S/C22H25N7/c1-27(2)17-9-5-15(6-10-17)20(16-7-11-18(12-8-16)28(3)4)29-14-26-19-21(23)24-13-25-22(19)29/h5-14,20H,1-4H3,(H2,23,24,25). The molecule has 0 spiro atoms. The van der Waals surface area contributed by atoms with Crippen LogP contribution in [-0.2, 0) is 0 Å². The first-order valence-corrected chi connectivity index (χ1v) is 9.43. The van der Waals surface area contributed by atoms with Crippen molar-refractivity contribution in [3.05, 3.63) is 72.3 Å². The molecule has 2 heterocycles. The van der Waals surface area contributed by atoms with E-state index in [1.807, 2.05) is 28.2 Å². The third-order valence-electron chi connectivity index (χ3n) is 5.12. The summed E-state index contributed by atoms with van der Waals surface area (Å²) in [5.74, 6) is 0.387. The number of nitrogens with zero attached hydrogens (tertiary/aromatic N) is 6.